The second-order valence-electron chi connectivity index (χ2n) is 6.06. The van der Waals surface area contributed by atoms with Gasteiger partial charge < -0.3 is 14.5 Å². The first-order valence-electron chi connectivity index (χ1n) is 7.53. The Morgan fingerprint density at radius 3 is 2.52 bits per heavy atom. The molecule has 2 aromatic rings. The second-order valence-corrected chi connectivity index (χ2v) is 6.46. The van der Waals surface area contributed by atoms with E-state index in [1.807, 2.05) is 25.2 Å². The molecule has 1 aliphatic heterocycles. The van der Waals surface area contributed by atoms with Crippen LogP contribution in [0.5, 0.6) is 0 Å². The molecule has 1 fully saturated rings. The van der Waals surface area contributed by atoms with Crippen molar-refractivity contribution in [2.24, 2.45) is 11.8 Å². The van der Waals surface area contributed by atoms with Crippen LogP contribution in [0.2, 0.25) is 5.02 Å². The number of fused-ring (bicyclic) bond motifs is 1. The first-order chi connectivity index (χ1) is 10.0. The summed E-state index contributed by atoms with van der Waals surface area (Å²) in [5.74, 6) is 1.78. The topological polar surface area (TPSA) is 34.4 Å². The predicted molar refractivity (Wildman–Crippen MR) is 85.7 cm³/mol. The lowest BCUT2D eigenvalue weighted by atomic mass is 9.82. The number of halogens is 1. The Bertz CT molecular complexity index is 639. The van der Waals surface area contributed by atoms with E-state index in [9.17, 15) is 0 Å². The van der Waals surface area contributed by atoms with E-state index in [0.29, 0.717) is 16.9 Å². The summed E-state index contributed by atoms with van der Waals surface area (Å²) < 4.78 is 12.0. The van der Waals surface area contributed by atoms with Gasteiger partial charge in [-0.3, -0.25) is 0 Å². The van der Waals surface area contributed by atoms with Gasteiger partial charge in [-0.2, -0.15) is 0 Å². The number of para-hydroxylation sites is 1. The van der Waals surface area contributed by atoms with Crippen molar-refractivity contribution in [3.63, 3.8) is 0 Å². The maximum Gasteiger partial charge on any atom is 0.152 e. The van der Waals surface area contributed by atoms with Gasteiger partial charge in [-0.05, 0) is 38.9 Å². The number of ether oxygens (including phenoxy) is 1. The lowest BCUT2D eigenvalue weighted by Crippen LogP contribution is -2.32. The fourth-order valence-corrected chi connectivity index (χ4v) is 3.81. The summed E-state index contributed by atoms with van der Waals surface area (Å²) in [5.41, 5.74) is 0.765. The zero-order valence-electron chi connectivity index (χ0n) is 12.9. The van der Waals surface area contributed by atoms with Gasteiger partial charge in [-0.1, -0.05) is 30.7 Å². The summed E-state index contributed by atoms with van der Waals surface area (Å²) in [6, 6.07) is 8.05. The molecular weight excluding hydrogens is 286 g/mol. The van der Waals surface area contributed by atoms with Crippen molar-refractivity contribution in [2.75, 3.05) is 7.05 Å². The van der Waals surface area contributed by atoms with E-state index in [1.165, 1.54) is 0 Å². The van der Waals surface area contributed by atoms with E-state index in [2.05, 4.69) is 32.2 Å². The van der Waals surface area contributed by atoms with Crippen LogP contribution < -0.4 is 5.32 Å². The molecule has 1 saturated heterocycles. The molecule has 0 aliphatic carbocycles. The molecule has 0 radical (unpaired) electrons. The monoisotopic (exact) mass is 307 g/mol. The fraction of sp³-hybridized carbons (Fsp3) is 0.529. The van der Waals surface area contributed by atoms with Crippen LogP contribution in [0.25, 0.3) is 11.0 Å². The quantitative estimate of drug-likeness (QED) is 0.912. The number of benzene rings is 1. The van der Waals surface area contributed by atoms with Gasteiger partial charge in [0.15, 0.2) is 5.58 Å². The van der Waals surface area contributed by atoms with E-state index in [0.717, 1.165) is 16.7 Å². The SMILES string of the molecule is CNC(c1cc2cccc(Cl)c2o1)C1C(C)OC(C)C1C. The Morgan fingerprint density at radius 1 is 1.19 bits per heavy atom. The van der Waals surface area contributed by atoms with E-state index in [1.54, 1.807) is 0 Å². The van der Waals surface area contributed by atoms with Crippen molar-refractivity contribution in [1.29, 1.82) is 0 Å². The largest absolute Gasteiger partial charge is 0.458 e. The number of hydrogen-bond acceptors (Lipinski definition) is 3. The van der Waals surface area contributed by atoms with Crippen molar-refractivity contribution in [2.45, 2.75) is 39.0 Å². The fourth-order valence-electron chi connectivity index (χ4n) is 3.59. The summed E-state index contributed by atoms with van der Waals surface area (Å²) >= 11 is 6.22. The Balaban J connectivity index is 2.00. The molecule has 3 nitrogen and oxygen atoms in total. The highest BCUT2D eigenvalue weighted by Crippen LogP contribution is 2.42. The average molecular weight is 308 g/mol. The van der Waals surface area contributed by atoms with Gasteiger partial charge in [0, 0.05) is 11.3 Å². The standard InChI is InChI=1S/C17H22ClNO2/c1-9-10(2)20-11(3)15(9)16(19-4)14-8-12-6-5-7-13(18)17(12)21-14/h5-11,15-16,19H,1-4H3. The molecule has 0 spiro atoms. The lowest BCUT2D eigenvalue weighted by Gasteiger charge is -2.27. The maximum atomic E-state index is 6.22. The third kappa shape index (κ3) is 2.48. The second kappa shape index (κ2) is 5.64. The van der Waals surface area contributed by atoms with Crippen LogP contribution >= 0.6 is 11.6 Å². The van der Waals surface area contributed by atoms with Crippen LogP contribution in [0.4, 0.5) is 0 Å². The summed E-state index contributed by atoms with van der Waals surface area (Å²) in [5, 5.41) is 5.11. The van der Waals surface area contributed by atoms with Crippen molar-refractivity contribution in [3.8, 4) is 0 Å². The van der Waals surface area contributed by atoms with Crippen LogP contribution in [-0.2, 0) is 4.74 Å². The van der Waals surface area contributed by atoms with Gasteiger partial charge in [0.1, 0.15) is 5.76 Å². The highest BCUT2D eigenvalue weighted by atomic mass is 35.5. The average Bonchev–Trinajstić information content (AvgIpc) is 2.97. The lowest BCUT2D eigenvalue weighted by molar-refractivity contribution is 0.0469. The Kier molecular flexibility index (Phi) is 4.00. The summed E-state index contributed by atoms with van der Waals surface area (Å²) in [4.78, 5) is 0. The Morgan fingerprint density at radius 2 is 1.95 bits per heavy atom. The van der Waals surface area contributed by atoms with Crippen LogP contribution in [0, 0.1) is 11.8 Å². The highest BCUT2D eigenvalue weighted by molar-refractivity contribution is 6.34. The van der Waals surface area contributed by atoms with Crippen molar-refractivity contribution in [1.82, 2.24) is 5.32 Å². The summed E-state index contributed by atoms with van der Waals surface area (Å²) in [6.07, 6.45) is 0.477. The van der Waals surface area contributed by atoms with Gasteiger partial charge in [0.05, 0.1) is 23.3 Å². The minimum atomic E-state index is 0.128. The molecular formula is C17H22ClNO2. The van der Waals surface area contributed by atoms with E-state index >= 15 is 0 Å². The van der Waals surface area contributed by atoms with E-state index < -0.39 is 0 Å². The molecule has 2 heterocycles. The summed E-state index contributed by atoms with van der Waals surface area (Å²) in [7, 11) is 1.97. The Labute approximate surface area is 130 Å². The zero-order chi connectivity index (χ0) is 15.1. The van der Waals surface area contributed by atoms with Crippen LogP contribution in [-0.4, -0.2) is 19.3 Å². The van der Waals surface area contributed by atoms with Crippen LogP contribution in [0.1, 0.15) is 32.6 Å². The number of nitrogens with one attached hydrogen (secondary N) is 1. The molecule has 1 N–H and O–H groups in total. The molecule has 1 aliphatic rings. The summed E-state index contributed by atoms with van der Waals surface area (Å²) in [6.45, 7) is 6.53. The van der Waals surface area contributed by atoms with Gasteiger partial charge in [-0.25, -0.2) is 0 Å². The predicted octanol–water partition coefficient (Wildman–Crippen LogP) is 4.41. The first-order valence-corrected chi connectivity index (χ1v) is 7.91. The van der Waals surface area contributed by atoms with Gasteiger partial charge in [-0.15, -0.1) is 0 Å². The third-order valence-corrected chi connectivity index (χ3v) is 5.13. The molecule has 0 saturated carbocycles. The molecule has 0 bridgehead atoms. The molecule has 21 heavy (non-hydrogen) atoms. The molecule has 1 aromatic heterocycles. The smallest absolute Gasteiger partial charge is 0.152 e. The third-order valence-electron chi connectivity index (χ3n) is 4.84. The normalized spacial score (nSPS) is 30.9. The van der Waals surface area contributed by atoms with Crippen molar-refractivity contribution < 1.29 is 9.15 Å². The van der Waals surface area contributed by atoms with Crippen LogP contribution in [0.3, 0.4) is 0 Å². The maximum absolute atomic E-state index is 6.22. The molecule has 4 heteroatoms. The minimum Gasteiger partial charge on any atom is -0.458 e. The molecule has 5 unspecified atom stereocenters. The molecule has 1 aromatic carbocycles. The number of rotatable bonds is 3. The van der Waals surface area contributed by atoms with Gasteiger partial charge in [0.25, 0.3) is 0 Å². The van der Waals surface area contributed by atoms with Crippen molar-refractivity contribution >= 4 is 22.6 Å². The molecule has 3 rings (SSSR count). The van der Waals surface area contributed by atoms with E-state index in [4.69, 9.17) is 20.8 Å². The first kappa shape index (κ1) is 14.9. The minimum absolute atomic E-state index is 0.128. The molecule has 114 valence electrons. The molecule has 5 atom stereocenters. The molecule has 0 amide bonds. The van der Waals surface area contributed by atoms with E-state index in [-0.39, 0.29) is 18.2 Å². The number of furan rings is 1. The van der Waals surface area contributed by atoms with Gasteiger partial charge in [0.2, 0.25) is 0 Å². The Hall–Kier alpha value is -1.03. The van der Waals surface area contributed by atoms with Gasteiger partial charge >= 0.3 is 0 Å². The zero-order valence-corrected chi connectivity index (χ0v) is 13.6. The van der Waals surface area contributed by atoms with Crippen LogP contribution in [0.15, 0.2) is 28.7 Å². The van der Waals surface area contributed by atoms with Crippen molar-refractivity contribution in [3.05, 3.63) is 35.0 Å². The highest BCUT2D eigenvalue weighted by Gasteiger charge is 2.42. The number of hydrogen-bond donors (Lipinski definition) is 1.